The number of rotatable bonds is 5. The summed E-state index contributed by atoms with van der Waals surface area (Å²) < 4.78 is 5.26. The highest BCUT2D eigenvalue weighted by atomic mass is 35.5. The van der Waals surface area contributed by atoms with Crippen molar-refractivity contribution in [1.29, 1.82) is 0 Å². The summed E-state index contributed by atoms with van der Waals surface area (Å²) in [5, 5.41) is 3.16. The summed E-state index contributed by atoms with van der Waals surface area (Å²) in [7, 11) is 0. The van der Waals surface area contributed by atoms with Crippen molar-refractivity contribution in [3.8, 4) is 5.75 Å². The van der Waals surface area contributed by atoms with Gasteiger partial charge in [-0.25, -0.2) is 0 Å². The van der Waals surface area contributed by atoms with Crippen molar-refractivity contribution in [3.63, 3.8) is 0 Å². The molecule has 0 unspecified atom stereocenters. The van der Waals surface area contributed by atoms with Crippen LogP contribution >= 0.6 is 11.6 Å². The molecule has 16 heavy (non-hydrogen) atoms. The van der Waals surface area contributed by atoms with E-state index in [1.54, 1.807) is 24.3 Å². The zero-order valence-electron chi connectivity index (χ0n) is 9.13. The molecule has 0 saturated heterocycles. The first-order chi connectivity index (χ1) is 7.59. The molecular formula is C12H14ClNO2. The van der Waals surface area contributed by atoms with E-state index < -0.39 is 0 Å². The summed E-state index contributed by atoms with van der Waals surface area (Å²) >= 11 is 5.86. The molecule has 1 N–H and O–H groups in total. The van der Waals surface area contributed by atoms with Crippen molar-refractivity contribution in [1.82, 2.24) is 5.32 Å². The summed E-state index contributed by atoms with van der Waals surface area (Å²) in [5.41, 5.74) is 0.895. The van der Waals surface area contributed by atoms with Gasteiger partial charge in [-0.2, -0.15) is 0 Å². The van der Waals surface area contributed by atoms with Crippen LogP contribution in [0.25, 0.3) is 0 Å². The van der Waals surface area contributed by atoms with Gasteiger partial charge in [0.2, 0.25) is 0 Å². The Hall–Kier alpha value is -1.48. The highest BCUT2D eigenvalue weighted by Gasteiger charge is 2.04. The Bertz CT molecular complexity index is 390. The Kier molecular flexibility index (Phi) is 4.86. The predicted octanol–water partition coefficient (Wildman–Crippen LogP) is 2.41. The van der Waals surface area contributed by atoms with Crippen LogP contribution in [0.4, 0.5) is 0 Å². The van der Waals surface area contributed by atoms with Gasteiger partial charge in [0.25, 0.3) is 5.91 Å². The topological polar surface area (TPSA) is 38.3 Å². The minimum absolute atomic E-state index is 0.0446. The molecule has 1 aromatic carbocycles. The Labute approximate surface area is 100 Å². The van der Waals surface area contributed by atoms with Crippen molar-refractivity contribution >= 4 is 17.5 Å². The molecule has 0 heterocycles. The van der Waals surface area contributed by atoms with Crippen molar-refractivity contribution in [2.45, 2.75) is 6.92 Å². The zero-order chi connectivity index (χ0) is 12.0. The molecular weight excluding hydrogens is 226 g/mol. The van der Waals surface area contributed by atoms with Gasteiger partial charge < -0.3 is 10.1 Å². The van der Waals surface area contributed by atoms with E-state index in [9.17, 15) is 4.79 Å². The van der Waals surface area contributed by atoms with E-state index in [0.717, 1.165) is 5.57 Å². The zero-order valence-corrected chi connectivity index (χ0v) is 9.88. The van der Waals surface area contributed by atoms with E-state index in [1.807, 2.05) is 6.92 Å². The molecule has 3 nitrogen and oxygen atoms in total. The third kappa shape index (κ3) is 4.36. The van der Waals surface area contributed by atoms with Crippen LogP contribution in [0.5, 0.6) is 5.75 Å². The Morgan fingerprint density at radius 3 is 2.81 bits per heavy atom. The van der Waals surface area contributed by atoms with Crippen molar-refractivity contribution in [2.24, 2.45) is 0 Å². The minimum atomic E-state index is -0.192. The van der Waals surface area contributed by atoms with Crippen LogP contribution < -0.4 is 10.1 Å². The molecule has 0 bridgehead atoms. The molecule has 1 rings (SSSR count). The second-order valence-electron chi connectivity index (χ2n) is 3.45. The summed E-state index contributed by atoms with van der Waals surface area (Å²) in [4.78, 5) is 11.3. The number of carbonyl (C=O) groups is 1. The first kappa shape index (κ1) is 12.6. The average Bonchev–Trinajstić information content (AvgIpc) is 2.25. The fourth-order valence-corrected chi connectivity index (χ4v) is 1.20. The monoisotopic (exact) mass is 239 g/mol. The first-order valence-electron chi connectivity index (χ1n) is 4.88. The highest BCUT2D eigenvalue weighted by molar-refractivity contribution is 6.32. The Morgan fingerprint density at radius 2 is 2.19 bits per heavy atom. The van der Waals surface area contributed by atoms with E-state index in [2.05, 4.69) is 11.9 Å². The molecule has 0 radical (unpaired) electrons. The summed E-state index contributed by atoms with van der Waals surface area (Å²) in [6.45, 7) is 5.94. The molecule has 0 spiro atoms. The Balaban J connectivity index is 2.37. The third-order valence-corrected chi connectivity index (χ3v) is 2.10. The molecule has 0 fully saturated rings. The molecule has 1 amide bonds. The normalized spacial score (nSPS) is 9.62. The largest absolute Gasteiger partial charge is 0.482 e. The lowest BCUT2D eigenvalue weighted by molar-refractivity contribution is -0.122. The van der Waals surface area contributed by atoms with Crippen LogP contribution in [0.3, 0.4) is 0 Å². The van der Waals surface area contributed by atoms with Crippen LogP contribution in [0.15, 0.2) is 36.4 Å². The molecule has 0 aromatic heterocycles. The number of halogens is 1. The van der Waals surface area contributed by atoms with Gasteiger partial charge in [-0.3, -0.25) is 4.79 Å². The van der Waals surface area contributed by atoms with Gasteiger partial charge in [0, 0.05) is 6.54 Å². The molecule has 4 heteroatoms. The number of ether oxygens (including phenoxy) is 1. The van der Waals surface area contributed by atoms with Crippen molar-refractivity contribution in [3.05, 3.63) is 41.4 Å². The number of nitrogens with one attached hydrogen (secondary N) is 1. The molecule has 1 aromatic rings. The summed E-state index contributed by atoms with van der Waals surface area (Å²) in [6, 6.07) is 7.03. The van der Waals surface area contributed by atoms with Gasteiger partial charge in [-0.1, -0.05) is 35.9 Å². The number of amides is 1. The minimum Gasteiger partial charge on any atom is -0.482 e. The maximum Gasteiger partial charge on any atom is 0.258 e. The Morgan fingerprint density at radius 1 is 1.50 bits per heavy atom. The maximum atomic E-state index is 11.3. The standard InChI is InChI=1S/C12H14ClNO2/c1-9(2)7-14-12(15)8-16-11-6-4-3-5-10(11)13/h3-6H,1,7-8H2,2H3,(H,14,15). The van der Waals surface area contributed by atoms with Gasteiger partial charge in [0.1, 0.15) is 5.75 Å². The van der Waals surface area contributed by atoms with E-state index in [0.29, 0.717) is 17.3 Å². The maximum absolute atomic E-state index is 11.3. The molecule has 0 atom stereocenters. The van der Waals surface area contributed by atoms with Crippen LogP contribution in [0.2, 0.25) is 5.02 Å². The molecule has 0 aliphatic heterocycles. The van der Waals surface area contributed by atoms with Crippen LogP contribution in [0, 0.1) is 0 Å². The molecule has 0 aliphatic carbocycles. The van der Waals surface area contributed by atoms with Gasteiger partial charge in [-0.05, 0) is 19.1 Å². The van der Waals surface area contributed by atoms with Gasteiger partial charge >= 0.3 is 0 Å². The highest BCUT2D eigenvalue weighted by Crippen LogP contribution is 2.22. The lowest BCUT2D eigenvalue weighted by atomic mass is 10.3. The summed E-state index contributed by atoms with van der Waals surface area (Å²) in [6.07, 6.45) is 0. The SMILES string of the molecule is C=C(C)CNC(=O)COc1ccccc1Cl. The van der Waals surface area contributed by atoms with Crippen LogP contribution in [0.1, 0.15) is 6.92 Å². The lowest BCUT2D eigenvalue weighted by Crippen LogP contribution is -2.30. The second-order valence-corrected chi connectivity index (χ2v) is 3.86. The number of hydrogen-bond acceptors (Lipinski definition) is 2. The molecule has 0 aliphatic rings. The quantitative estimate of drug-likeness (QED) is 0.802. The second kappa shape index (κ2) is 6.18. The molecule has 0 saturated carbocycles. The van der Waals surface area contributed by atoms with E-state index in [4.69, 9.17) is 16.3 Å². The van der Waals surface area contributed by atoms with E-state index in [-0.39, 0.29) is 12.5 Å². The van der Waals surface area contributed by atoms with Gasteiger partial charge in [0.05, 0.1) is 5.02 Å². The number of benzene rings is 1. The van der Waals surface area contributed by atoms with Gasteiger partial charge in [-0.15, -0.1) is 0 Å². The third-order valence-electron chi connectivity index (χ3n) is 1.78. The van der Waals surface area contributed by atoms with Crippen LogP contribution in [-0.2, 0) is 4.79 Å². The lowest BCUT2D eigenvalue weighted by Gasteiger charge is -2.08. The summed E-state index contributed by atoms with van der Waals surface area (Å²) in [5.74, 6) is 0.317. The smallest absolute Gasteiger partial charge is 0.258 e. The van der Waals surface area contributed by atoms with Crippen LogP contribution in [-0.4, -0.2) is 19.1 Å². The fraction of sp³-hybridized carbons (Fsp3) is 0.250. The first-order valence-corrected chi connectivity index (χ1v) is 5.26. The fourth-order valence-electron chi connectivity index (χ4n) is 1.01. The molecule has 86 valence electrons. The van der Waals surface area contributed by atoms with E-state index >= 15 is 0 Å². The average molecular weight is 240 g/mol. The number of hydrogen-bond donors (Lipinski definition) is 1. The number of para-hydroxylation sites is 1. The number of carbonyl (C=O) groups excluding carboxylic acids is 1. The van der Waals surface area contributed by atoms with Crippen molar-refractivity contribution < 1.29 is 9.53 Å². The van der Waals surface area contributed by atoms with Crippen molar-refractivity contribution in [2.75, 3.05) is 13.2 Å². The van der Waals surface area contributed by atoms with E-state index in [1.165, 1.54) is 0 Å². The van der Waals surface area contributed by atoms with Gasteiger partial charge in [0.15, 0.2) is 6.61 Å². The predicted molar refractivity (Wildman–Crippen MR) is 64.8 cm³/mol.